The number of hydrogen-bond donors (Lipinski definition) is 2. The molecule has 2 aliphatic heterocycles. The van der Waals surface area contributed by atoms with Gasteiger partial charge in [-0.25, -0.2) is 9.18 Å². The Morgan fingerprint density at radius 3 is 2.82 bits per heavy atom. The quantitative estimate of drug-likeness (QED) is 0.554. The number of hydrogen-bond acceptors (Lipinski definition) is 5. The highest BCUT2D eigenvalue weighted by atomic mass is 19.1. The van der Waals surface area contributed by atoms with Crippen molar-refractivity contribution in [2.75, 3.05) is 18.0 Å². The van der Waals surface area contributed by atoms with Crippen molar-refractivity contribution in [2.45, 2.75) is 12.5 Å². The number of anilines is 1. The van der Waals surface area contributed by atoms with Crippen LogP contribution >= 0.6 is 0 Å². The summed E-state index contributed by atoms with van der Waals surface area (Å²) in [5.41, 5.74) is 6.00. The molecule has 0 saturated carbocycles. The molecule has 142 valence electrons. The van der Waals surface area contributed by atoms with Gasteiger partial charge in [-0.2, -0.15) is 0 Å². The van der Waals surface area contributed by atoms with Crippen LogP contribution < -0.4 is 20.8 Å². The Kier molecular flexibility index (Phi) is 3.47. The van der Waals surface area contributed by atoms with Crippen molar-refractivity contribution in [2.24, 2.45) is 5.73 Å². The third-order valence-corrected chi connectivity index (χ3v) is 5.28. The van der Waals surface area contributed by atoms with Gasteiger partial charge in [-0.05, 0) is 24.6 Å². The number of aromatic carboxylic acids is 1. The summed E-state index contributed by atoms with van der Waals surface area (Å²) in [7, 11) is 0. The van der Waals surface area contributed by atoms with Crippen LogP contribution in [0.5, 0.6) is 11.5 Å². The van der Waals surface area contributed by atoms with E-state index in [0.29, 0.717) is 30.0 Å². The van der Waals surface area contributed by atoms with Crippen LogP contribution in [0.3, 0.4) is 0 Å². The van der Waals surface area contributed by atoms with E-state index < -0.39 is 22.8 Å². The van der Waals surface area contributed by atoms with E-state index in [-0.39, 0.29) is 22.9 Å². The van der Waals surface area contributed by atoms with Crippen molar-refractivity contribution in [3.8, 4) is 17.2 Å². The van der Waals surface area contributed by atoms with Crippen LogP contribution in [0.15, 0.2) is 41.3 Å². The molecule has 1 aromatic heterocycles. The SMILES string of the molecule is NC1CCN(c2c(F)cc3c(=O)c(C(=O)O)cn4c3c2Oc2ccccc2-4)C1. The Labute approximate surface area is 158 Å². The number of para-hydroxylation sites is 2. The van der Waals surface area contributed by atoms with E-state index in [1.165, 1.54) is 6.20 Å². The van der Waals surface area contributed by atoms with Crippen molar-refractivity contribution in [1.82, 2.24) is 4.57 Å². The van der Waals surface area contributed by atoms with Gasteiger partial charge >= 0.3 is 5.97 Å². The summed E-state index contributed by atoms with van der Waals surface area (Å²) in [5.74, 6) is -1.35. The first-order valence-corrected chi connectivity index (χ1v) is 8.88. The number of halogens is 1. The lowest BCUT2D eigenvalue weighted by Crippen LogP contribution is -2.28. The van der Waals surface area contributed by atoms with E-state index >= 15 is 4.39 Å². The topological polar surface area (TPSA) is 97.8 Å². The third-order valence-electron chi connectivity index (χ3n) is 5.28. The predicted octanol–water partition coefficient (Wildman–Crippen LogP) is 2.47. The predicted molar refractivity (Wildman–Crippen MR) is 101 cm³/mol. The van der Waals surface area contributed by atoms with E-state index in [9.17, 15) is 14.7 Å². The van der Waals surface area contributed by atoms with Crippen LogP contribution in [0.25, 0.3) is 16.6 Å². The molecule has 0 bridgehead atoms. The van der Waals surface area contributed by atoms with Gasteiger partial charge in [-0.15, -0.1) is 0 Å². The molecular weight excluding hydrogens is 365 g/mol. The second-order valence-corrected chi connectivity index (χ2v) is 7.04. The molecule has 1 saturated heterocycles. The standard InChI is InChI=1S/C20H16FN3O4/c21-13-7-11-16-19(17(13)23-6-5-10(22)8-23)28-15-4-2-1-3-14(15)24(16)9-12(18(11)25)20(26)27/h1-4,7,9-10H,5-6,8,22H2,(H,26,27). The van der Waals surface area contributed by atoms with Crippen LogP contribution in [0.4, 0.5) is 10.1 Å². The Hall–Kier alpha value is -3.39. The van der Waals surface area contributed by atoms with Crippen LogP contribution in [0, 0.1) is 5.82 Å². The highest BCUT2D eigenvalue weighted by molar-refractivity contribution is 5.99. The fraction of sp³-hybridized carbons (Fsp3) is 0.200. The van der Waals surface area contributed by atoms with Crippen molar-refractivity contribution in [3.05, 3.63) is 58.1 Å². The second kappa shape index (κ2) is 5.80. The first-order chi connectivity index (χ1) is 13.5. The number of nitrogens with zero attached hydrogens (tertiary/aromatic N) is 2. The van der Waals surface area contributed by atoms with E-state index in [1.54, 1.807) is 28.8 Å². The van der Waals surface area contributed by atoms with Crippen LogP contribution in [0.2, 0.25) is 0 Å². The Morgan fingerprint density at radius 2 is 2.11 bits per heavy atom. The Bertz CT molecular complexity index is 1220. The molecule has 5 rings (SSSR count). The van der Waals surface area contributed by atoms with Crippen molar-refractivity contribution >= 4 is 22.6 Å². The number of carboxylic acids is 1. The number of ether oxygens (including phenoxy) is 1. The molecule has 2 aliphatic rings. The molecule has 3 heterocycles. The van der Waals surface area contributed by atoms with Crippen molar-refractivity contribution in [3.63, 3.8) is 0 Å². The molecular formula is C20H16FN3O4. The summed E-state index contributed by atoms with van der Waals surface area (Å²) in [6.07, 6.45) is 1.99. The van der Waals surface area contributed by atoms with Crippen LogP contribution in [-0.4, -0.2) is 34.8 Å². The molecule has 0 amide bonds. The summed E-state index contributed by atoms with van der Waals surface area (Å²) in [5, 5.41) is 9.41. The van der Waals surface area contributed by atoms with E-state index in [1.807, 2.05) is 4.90 Å². The zero-order chi connectivity index (χ0) is 19.6. The highest BCUT2D eigenvalue weighted by Crippen LogP contribution is 2.46. The van der Waals surface area contributed by atoms with Gasteiger partial charge in [0.25, 0.3) is 0 Å². The first kappa shape index (κ1) is 16.8. The number of fused-ring (bicyclic) bond motifs is 2. The monoisotopic (exact) mass is 381 g/mol. The number of pyridine rings is 1. The summed E-state index contributed by atoms with van der Waals surface area (Å²) in [6.45, 7) is 1.04. The Balaban J connectivity index is 1.92. The van der Waals surface area contributed by atoms with Gasteiger partial charge in [0.1, 0.15) is 16.8 Å². The third kappa shape index (κ3) is 2.24. The number of aromatic nitrogens is 1. The van der Waals surface area contributed by atoms with Gasteiger partial charge in [0, 0.05) is 25.3 Å². The number of carboxylic acid groups (broad SMARTS) is 1. The molecule has 0 spiro atoms. The van der Waals surface area contributed by atoms with E-state index in [2.05, 4.69) is 0 Å². The lowest BCUT2D eigenvalue weighted by atomic mass is 10.1. The molecule has 0 aliphatic carbocycles. The molecule has 3 N–H and O–H groups in total. The number of rotatable bonds is 2. The number of benzene rings is 2. The minimum Gasteiger partial charge on any atom is -0.477 e. The Morgan fingerprint density at radius 1 is 1.32 bits per heavy atom. The van der Waals surface area contributed by atoms with Crippen molar-refractivity contribution in [1.29, 1.82) is 0 Å². The summed E-state index contributed by atoms with van der Waals surface area (Å²) in [6, 6.07) is 8.04. The largest absolute Gasteiger partial charge is 0.477 e. The minimum absolute atomic E-state index is 0.0332. The van der Waals surface area contributed by atoms with Gasteiger partial charge < -0.3 is 25.0 Å². The highest BCUT2D eigenvalue weighted by Gasteiger charge is 2.32. The maximum absolute atomic E-state index is 15.1. The van der Waals surface area contributed by atoms with Gasteiger partial charge in [0.2, 0.25) is 5.43 Å². The maximum Gasteiger partial charge on any atom is 0.341 e. The van der Waals surface area contributed by atoms with E-state index in [4.69, 9.17) is 10.5 Å². The van der Waals surface area contributed by atoms with Crippen molar-refractivity contribution < 1.29 is 19.0 Å². The fourth-order valence-electron chi connectivity index (χ4n) is 3.99. The molecule has 2 aromatic carbocycles. The van der Waals surface area contributed by atoms with Gasteiger partial charge in [0.15, 0.2) is 17.3 Å². The summed E-state index contributed by atoms with van der Waals surface area (Å²) >= 11 is 0. The van der Waals surface area contributed by atoms with Gasteiger partial charge in [0.05, 0.1) is 11.1 Å². The molecule has 1 fully saturated rings. The second-order valence-electron chi connectivity index (χ2n) is 7.04. The smallest absolute Gasteiger partial charge is 0.341 e. The van der Waals surface area contributed by atoms with E-state index in [0.717, 1.165) is 12.5 Å². The molecule has 7 nitrogen and oxygen atoms in total. The first-order valence-electron chi connectivity index (χ1n) is 8.88. The molecule has 0 radical (unpaired) electrons. The number of carbonyl (C=O) groups is 1. The average Bonchev–Trinajstić information content (AvgIpc) is 3.09. The summed E-state index contributed by atoms with van der Waals surface area (Å²) < 4.78 is 22.8. The maximum atomic E-state index is 15.1. The average molecular weight is 381 g/mol. The molecule has 3 aromatic rings. The van der Waals surface area contributed by atoms with Gasteiger partial charge in [-0.3, -0.25) is 4.79 Å². The molecule has 1 atom stereocenters. The molecule has 8 heteroatoms. The molecule has 1 unspecified atom stereocenters. The minimum atomic E-state index is -1.36. The lowest BCUT2D eigenvalue weighted by molar-refractivity contribution is 0.0695. The lowest BCUT2D eigenvalue weighted by Gasteiger charge is -2.29. The van der Waals surface area contributed by atoms with Gasteiger partial charge in [-0.1, -0.05) is 12.1 Å². The zero-order valence-electron chi connectivity index (χ0n) is 14.7. The fourth-order valence-corrected chi connectivity index (χ4v) is 3.99. The normalized spacial score (nSPS) is 17.5. The molecule has 28 heavy (non-hydrogen) atoms. The van der Waals surface area contributed by atoms with Crippen LogP contribution in [-0.2, 0) is 0 Å². The zero-order valence-corrected chi connectivity index (χ0v) is 14.7. The summed E-state index contributed by atoms with van der Waals surface area (Å²) in [4.78, 5) is 26.1. The van der Waals surface area contributed by atoms with Crippen LogP contribution in [0.1, 0.15) is 16.8 Å². The number of nitrogens with two attached hydrogens (primary N) is 1.